The molecule has 2 aromatic carbocycles. The van der Waals surface area contributed by atoms with Crippen molar-refractivity contribution in [3.05, 3.63) is 73.7 Å². The summed E-state index contributed by atoms with van der Waals surface area (Å²) < 4.78 is 2.46. The number of carbonyl (C=O) groups excluding carboxylic acids is 1. The van der Waals surface area contributed by atoms with Gasteiger partial charge in [-0.05, 0) is 37.3 Å². The van der Waals surface area contributed by atoms with Crippen LogP contribution in [0.5, 0.6) is 0 Å². The number of aromatic nitrogens is 3. The van der Waals surface area contributed by atoms with E-state index in [9.17, 15) is 14.4 Å². The molecule has 0 saturated heterocycles. The first-order valence-corrected chi connectivity index (χ1v) is 9.28. The molecule has 7 nitrogen and oxygen atoms in total. The van der Waals surface area contributed by atoms with E-state index in [-0.39, 0.29) is 5.91 Å². The van der Waals surface area contributed by atoms with E-state index >= 15 is 0 Å². The van der Waals surface area contributed by atoms with Crippen LogP contribution in [0.25, 0.3) is 21.3 Å². The zero-order valence-corrected chi connectivity index (χ0v) is 15.3. The molecule has 27 heavy (non-hydrogen) atoms. The molecule has 2 aromatic heterocycles. The van der Waals surface area contributed by atoms with Crippen molar-refractivity contribution in [3.8, 4) is 0 Å². The Morgan fingerprint density at radius 2 is 2.04 bits per heavy atom. The lowest BCUT2D eigenvalue weighted by Gasteiger charge is -2.09. The molecule has 136 valence electrons. The zero-order chi connectivity index (χ0) is 19.0. The van der Waals surface area contributed by atoms with Crippen LogP contribution in [0.2, 0.25) is 0 Å². The molecule has 0 aliphatic heterocycles. The molecule has 0 aliphatic rings. The summed E-state index contributed by atoms with van der Waals surface area (Å²) in [6.45, 7) is 2.49. The van der Waals surface area contributed by atoms with Crippen molar-refractivity contribution in [3.63, 3.8) is 0 Å². The van der Waals surface area contributed by atoms with Crippen molar-refractivity contribution in [2.24, 2.45) is 0 Å². The summed E-state index contributed by atoms with van der Waals surface area (Å²) >= 11 is 1.53. The lowest BCUT2D eigenvalue weighted by atomic mass is 10.1. The lowest BCUT2D eigenvalue weighted by Crippen LogP contribution is -2.36. The number of carbonyl (C=O) groups is 1. The Morgan fingerprint density at radius 3 is 2.81 bits per heavy atom. The number of amides is 1. The predicted molar refractivity (Wildman–Crippen MR) is 105 cm³/mol. The first kappa shape index (κ1) is 17.2. The van der Waals surface area contributed by atoms with Gasteiger partial charge in [-0.15, -0.1) is 11.3 Å². The minimum atomic E-state index is -0.698. The smallest absolute Gasteiger partial charge is 0.316 e. The summed E-state index contributed by atoms with van der Waals surface area (Å²) in [6.07, 6.45) is 0. The largest absolute Gasteiger partial charge is 0.346 e. The summed E-state index contributed by atoms with van der Waals surface area (Å²) in [6, 6.07) is 12.7. The molecule has 0 unspecified atom stereocenters. The van der Waals surface area contributed by atoms with Crippen LogP contribution < -0.4 is 16.4 Å². The van der Waals surface area contributed by atoms with E-state index in [1.54, 1.807) is 25.1 Å². The molecule has 8 heteroatoms. The first-order valence-electron chi connectivity index (χ1n) is 8.46. The fourth-order valence-corrected chi connectivity index (χ4v) is 3.90. The lowest BCUT2D eigenvalue weighted by molar-refractivity contribution is 0.0951. The maximum absolute atomic E-state index is 12.5. The number of benzene rings is 2. The molecule has 0 saturated carbocycles. The summed E-state index contributed by atoms with van der Waals surface area (Å²) in [5, 5.41) is 3.66. The number of nitrogens with zero attached hydrogens (tertiary/aromatic N) is 2. The number of aromatic amines is 1. The molecular weight excluding hydrogens is 364 g/mol. The van der Waals surface area contributed by atoms with E-state index in [1.165, 1.54) is 15.9 Å². The monoisotopic (exact) mass is 380 g/mol. The zero-order valence-electron chi connectivity index (χ0n) is 14.5. The number of thiazole rings is 1. The number of nitrogens with one attached hydrogen (secondary N) is 2. The van der Waals surface area contributed by atoms with Crippen LogP contribution in [0, 0.1) is 0 Å². The Bertz CT molecular complexity index is 1250. The standard InChI is InChI=1S/C19H16N4O3S/c1-2-23-14-8-7-11(9-13(14)22-18(25)19(23)26)17(24)20-10-16-21-12-5-3-4-6-15(12)27-16/h3-9H,2,10H2,1H3,(H,20,24)(H,22,25). The molecule has 2 N–H and O–H groups in total. The van der Waals surface area contributed by atoms with Gasteiger partial charge in [-0.25, -0.2) is 4.98 Å². The molecule has 0 radical (unpaired) electrons. The Balaban J connectivity index is 1.59. The normalized spacial score (nSPS) is 11.1. The number of fused-ring (bicyclic) bond motifs is 2. The van der Waals surface area contributed by atoms with Crippen molar-refractivity contribution in [1.29, 1.82) is 0 Å². The van der Waals surface area contributed by atoms with E-state index in [0.29, 0.717) is 29.7 Å². The Labute approximate surface area is 157 Å². The highest BCUT2D eigenvalue weighted by atomic mass is 32.1. The Hall–Kier alpha value is -3.26. The number of para-hydroxylation sites is 1. The predicted octanol–water partition coefficient (Wildman–Crippen LogP) is 2.25. The van der Waals surface area contributed by atoms with Gasteiger partial charge in [-0.3, -0.25) is 14.4 Å². The van der Waals surface area contributed by atoms with Crippen LogP contribution >= 0.6 is 11.3 Å². The summed E-state index contributed by atoms with van der Waals surface area (Å²) in [5.74, 6) is -0.272. The van der Waals surface area contributed by atoms with Gasteiger partial charge in [0.05, 0.1) is 27.8 Å². The number of hydrogen-bond acceptors (Lipinski definition) is 5. The summed E-state index contributed by atoms with van der Waals surface area (Å²) in [5.41, 5.74) is 1.06. The molecule has 4 rings (SSSR count). The molecule has 1 amide bonds. The van der Waals surface area contributed by atoms with Crippen molar-refractivity contribution in [2.75, 3.05) is 0 Å². The maximum atomic E-state index is 12.5. The highest BCUT2D eigenvalue weighted by molar-refractivity contribution is 7.18. The van der Waals surface area contributed by atoms with Gasteiger partial charge in [0.1, 0.15) is 5.01 Å². The van der Waals surface area contributed by atoms with Crippen molar-refractivity contribution >= 4 is 38.5 Å². The molecule has 0 aliphatic carbocycles. The quantitative estimate of drug-likeness (QED) is 0.531. The van der Waals surface area contributed by atoms with Gasteiger partial charge in [0.25, 0.3) is 5.91 Å². The Kier molecular flexibility index (Phi) is 4.33. The van der Waals surface area contributed by atoms with Gasteiger partial charge < -0.3 is 14.9 Å². The van der Waals surface area contributed by atoms with Crippen LogP contribution in [0.3, 0.4) is 0 Å². The molecule has 0 bridgehead atoms. The average molecular weight is 380 g/mol. The highest BCUT2D eigenvalue weighted by Gasteiger charge is 2.11. The number of hydrogen-bond donors (Lipinski definition) is 2. The van der Waals surface area contributed by atoms with E-state index < -0.39 is 11.1 Å². The molecule has 0 spiro atoms. The molecular formula is C19H16N4O3S. The third-order valence-electron chi connectivity index (χ3n) is 4.29. The fraction of sp³-hybridized carbons (Fsp3) is 0.158. The van der Waals surface area contributed by atoms with Gasteiger partial charge in [0, 0.05) is 12.1 Å². The second-order valence-corrected chi connectivity index (χ2v) is 7.11. The van der Waals surface area contributed by atoms with E-state index in [0.717, 1.165) is 15.2 Å². The molecule has 4 aromatic rings. The van der Waals surface area contributed by atoms with Gasteiger partial charge in [-0.1, -0.05) is 12.1 Å². The number of aryl methyl sites for hydroxylation is 1. The average Bonchev–Trinajstić information content (AvgIpc) is 3.10. The fourth-order valence-electron chi connectivity index (χ4n) is 2.99. The van der Waals surface area contributed by atoms with E-state index in [2.05, 4.69) is 15.3 Å². The summed E-state index contributed by atoms with van der Waals surface area (Å²) in [7, 11) is 0. The highest BCUT2D eigenvalue weighted by Crippen LogP contribution is 2.21. The van der Waals surface area contributed by atoms with Crippen LogP contribution in [-0.4, -0.2) is 20.4 Å². The van der Waals surface area contributed by atoms with Gasteiger partial charge >= 0.3 is 11.1 Å². The third-order valence-corrected chi connectivity index (χ3v) is 5.33. The second-order valence-electron chi connectivity index (χ2n) is 5.99. The van der Waals surface area contributed by atoms with Gasteiger partial charge in [0.2, 0.25) is 0 Å². The van der Waals surface area contributed by atoms with E-state index in [4.69, 9.17) is 0 Å². The van der Waals surface area contributed by atoms with Crippen LogP contribution in [0.1, 0.15) is 22.3 Å². The van der Waals surface area contributed by atoms with Crippen molar-refractivity contribution in [2.45, 2.75) is 20.0 Å². The van der Waals surface area contributed by atoms with Crippen LogP contribution in [-0.2, 0) is 13.1 Å². The second kappa shape index (κ2) is 6.81. The minimum absolute atomic E-state index is 0.272. The third kappa shape index (κ3) is 3.15. The maximum Gasteiger partial charge on any atom is 0.316 e. The van der Waals surface area contributed by atoms with Crippen molar-refractivity contribution < 1.29 is 4.79 Å². The van der Waals surface area contributed by atoms with Crippen molar-refractivity contribution in [1.82, 2.24) is 19.9 Å². The number of H-pyrrole nitrogens is 1. The molecule has 0 atom stereocenters. The SMILES string of the molecule is CCn1c(=O)c(=O)[nH]c2cc(C(=O)NCc3nc4ccccc4s3)ccc21. The minimum Gasteiger partial charge on any atom is -0.346 e. The summed E-state index contributed by atoms with van der Waals surface area (Å²) in [4.78, 5) is 43.2. The van der Waals surface area contributed by atoms with E-state index in [1.807, 2.05) is 24.3 Å². The molecule has 0 fully saturated rings. The first-order chi connectivity index (χ1) is 13.1. The Morgan fingerprint density at radius 1 is 1.22 bits per heavy atom. The topological polar surface area (TPSA) is 96.9 Å². The van der Waals surface area contributed by atoms with Crippen LogP contribution in [0.15, 0.2) is 52.1 Å². The number of rotatable bonds is 4. The van der Waals surface area contributed by atoms with Gasteiger partial charge in [0.15, 0.2) is 0 Å². The van der Waals surface area contributed by atoms with Gasteiger partial charge in [-0.2, -0.15) is 0 Å². The molecule has 2 heterocycles. The van der Waals surface area contributed by atoms with Crippen LogP contribution in [0.4, 0.5) is 0 Å².